The molecule has 0 radical (unpaired) electrons. The first-order valence-corrected chi connectivity index (χ1v) is 6.06. The Hall–Kier alpha value is -1.16. The number of halogens is 2. The smallest absolute Gasteiger partial charge is 0.181 e. The molecule has 0 aromatic heterocycles. The van der Waals surface area contributed by atoms with Crippen LogP contribution in [0.1, 0.15) is 19.3 Å². The van der Waals surface area contributed by atoms with Crippen molar-refractivity contribution in [2.75, 3.05) is 25.5 Å². The zero-order valence-electron chi connectivity index (χ0n) is 10.0. The van der Waals surface area contributed by atoms with Gasteiger partial charge in [0.2, 0.25) is 0 Å². The molecule has 1 saturated heterocycles. The Bertz CT molecular complexity index is 382. The summed E-state index contributed by atoms with van der Waals surface area (Å²) in [6, 6.07) is 4.63. The molecule has 0 saturated carbocycles. The average molecular weight is 240 g/mol. The average Bonchev–Trinajstić information content (AvgIpc) is 2.33. The molecule has 1 heterocycles. The summed E-state index contributed by atoms with van der Waals surface area (Å²) in [5.41, 5.74) is 0.254. The second kappa shape index (κ2) is 5.45. The molecule has 0 aliphatic carbocycles. The van der Waals surface area contributed by atoms with E-state index in [0.29, 0.717) is 12.6 Å². The summed E-state index contributed by atoms with van der Waals surface area (Å²) in [5, 5.41) is 3.00. The van der Waals surface area contributed by atoms with Gasteiger partial charge in [0.05, 0.1) is 5.69 Å². The van der Waals surface area contributed by atoms with Crippen LogP contribution >= 0.6 is 0 Å². The number of nitrogens with one attached hydrogen (secondary N) is 1. The summed E-state index contributed by atoms with van der Waals surface area (Å²) in [5.74, 6) is -1.59. The molecular weight excluding hydrogens is 222 g/mol. The largest absolute Gasteiger partial charge is 0.381 e. The Morgan fingerprint density at radius 1 is 1.35 bits per heavy atom. The maximum atomic E-state index is 13.4. The summed E-state index contributed by atoms with van der Waals surface area (Å²) in [4.78, 5) is 2.27. The molecule has 1 unspecified atom stereocenters. The molecule has 1 aromatic carbocycles. The van der Waals surface area contributed by atoms with E-state index in [1.165, 1.54) is 18.9 Å². The molecule has 0 amide bonds. The van der Waals surface area contributed by atoms with Crippen molar-refractivity contribution in [3.05, 3.63) is 29.8 Å². The van der Waals surface area contributed by atoms with Crippen LogP contribution in [0.25, 0.3) is 0 Å². The van der Waals surface area contributed by atoms with Gasteiger partial charge < -0.3 is 10.2 Å². The van der Waals surface area contributed by atoms with Crippen LogP contribution in [0.3, 0.4) is 0 Å². The number of hydrogen-bond donors (Lipinski definition) is 1. The SMILES string of the molecule is CN1CCCCC1CNc1cccc(F)c1F. The molecule has 4 heteroatoms. The van der Waals surface area contributed by atoms with Crippen LogP contribution in [0.15, 0.2) is 18.2 Å². The summed E-state index contributed by atoms with van der Waals surface area (Å²) in [7, 11) is 2.08. The third-order valence-electron chi connectivity index (χ3n) is 3.40. The van der Waals surface area contributed by atoms with E-state index in [9.17, 15) is 8.78 Å². The predicted molar refractivity (Wildman–Crippen MR) is 65.1 cm³/mol. The highest BCUT2D eigenvalue weighted by Gasteiger charge is 2.19. The minimum Gasteiger partial charge on any atom is -0.381 e. The van der Waals surface area contributed by atoms with Crippen LogP contribution in [0.5, 0.6) is 0 Å². The van der Waals surface area contributed by atoms with Gasteiger partial charge in [-0.15, -0.1) is 0 Å². The van der Waals surface area contributed by atoms with Crippen LogP contribution in [0.2, 0.25) is 0 Å². The van der Waals surface area contributed by atoms with E-state index >= 15 is 0 Å². The van der Waals surface area contributed by atoms with Crippen LogP contribution in [0.4, 0.5) is 14.5 Å². The highest BCUT2D eigenvalue weighted by Crippen LogP contribution is 2.19. The molecule has 2 nitrogen and oxygen atoms in total. The third-order valence-corrected chi connectivity index (χ3v) is 3.40. The van der Waals surface area contributed by atoms with Crippen molar-refractivity contribution in [1.29, 1.82) is 0 Å². The second-order valence-corrected chi connectivity index (χ2v) is 4.61. The molecule has 1 aliphatic heterocycles. The highest BCUT2D eigenvalue weighted by atomic mass is 19.2. The lowest BCUT2D eigenvalue weighted by atomic mass is 10.0. The number of piperidine rings is 1. The second-order valence-electron chi connectivity index (χ2n) is 4.61. The van der Waals surface area contributed by atoms with Crippen molar-refractivity contribution in [2.45, 2.75) is 25.3 Å². The van der Waals surface area contributed by atoms with E-state index in [2.05, 4.69) is 17.3 Å². The molecule has 17 heavy (non-hydrogen) atoms. The number of nitrogens with zero attached hydrogens (tertiary/aromatic N) is 1. The van der Waals surface area contributed by atoms with Gasteiger partial charge in [0.1, 0.15) is 0 Å². The van der Waals surface area contributed by atoms with Gasteiger partial charge in [-0.25, -0.2) is 8.78 Å². The van der Waals surface area contributed by atoms with E-state index in [1.54, 1.807) is 6.07 Å². The third kappa shape index (κ3) is 2.94. The molecular formula is C13H18F2N2. The lowest BCUT2D eigenvalue weighted by Crippen LogP contribution is -2.40. The Kier molecular flexibility index (Phi) is 3.94. The number of benzene rings is 1. The predicted octanol–water partition coefficient (Wildman–Crippen LogP) is 2.86. The van der Waals surface area contributed by atoms with Crippen molar-refractivity contribution < 1.29 is 8.78 Å². The summed E-state index contributed by atoms with van der Waals surface area (Å²) >= 11 is 0. The highest BCUT2D eigenvalue weighted by molar-refractivity contribution is 5.45. The van der Waals surface area contributed by atoms with E-state index in [-0.39, 0.29) is 5.69 Å². The fraction of sp³-hybridized carbons (Fsp3) is 0.538. The molecule has 94 valence electrons. The van der Waals surface area contributed by atoms with Crippen molar-refractivity contribution in [2.24, 2.45) is 0 Å². The first kappa shape index (κ1) is 12.3. The van der Waals surface area contributed by atoms with E-state index in [1.807, 2.05) is 0 Å². The molecule has 1 fully saturated rings. The number of hydrogen-bond acceptors (Lipinski definition) is 2. The normalized spacial score (nSPS) is 21.5. The van der Waals surface area contributed by atoms with E-state index < -0.39 is 11.6 Å². The summed E-state index contributed by atoms with van der Waals surface area (Å²) < 4.78 is 26.4. The molecule has 1 N–H and O–H groups in total. The van der Waals surface area contributed by atoms with Gasteiger partial charge in [-0.3, -0.25) is 0 Å². The van der Waals surface area contributed by atoms with Gasteiger partial charge in [0.15, 0.2) is 11.6 Å². The Labute approximate surface area is 101 Å². The lowest BCUT2D eigenvalue weighted by molar-refractivity contribution is 0.194. The molecule has 2 rings (SSSR count). The van der Waals surface area contributed by atoms with Gasteiger partial charge in [0.25, 0.3) is 0 Å². The minimum atomic E-state index is -0.799. The zero-order chi connectivity index (χ0) is 12.3. The van der Waals surface area contributed by atoms with Crippen molar-refractivity contribution in [1.82, 2.24) is 4.90 Å². The Morgan fingerprint density at radius 2 is 2.18 bits per heavy atom. The monoisotopic (exact) mass is 240 g/mol. The molecule has 1 atom stereocenters. The van der Waals surface area contributed by atoms with E-state index in [4.69, 9.17) is 0 Å². The number of rotatable bonds is 3. The Morgan fingerprint density at radius 3 is 2.94 bits per heavy atom. The van der Waals surface area contributed by atoms with Crippen LogP contribution in [0, 0.1) is 11.6 Å². The lowest BCUT2D eigenvalue weighted by Gasteiger charge is -2.32. The Balaban J connectivity index is 1.95. The number of anilines is 1. The van der Waals surface area contributed by atoms with Gasteiger partial charge in [-0.1, -0.05) is 12.5 Å². The van der Waals surface area contributed by atoms with Crippen molar-refractivity contribution in [3.8, 4) is 0 Å². The van der Waals surface area contributed by atoms with Crippen LogP contribution in [-0.4, -0.2) is 31.1 Å². The maximum absolute atomic E-state index is 13.4. The summed E-state index contributed by atoms with van der Waals surface area (Å²) in [6.07, 6.45) is 3.55. The van der Waals surface area contributed by atoms with Crippen molar-refractivity contribution in [3.63, 3.8) is 0 Å². The fourth-order valence-corrected chi connectivity index (χ4v) is 2.27. The first-order valence-electron chi connectivity index (χ1n) is 6.06. The van der Waals surface area contributed by atoms with Gasteiger partial charge in [0, 0.05) is 12.6 Å². The van der Waals surface area contributed by atoms with Gasteiger partial charge in [-0.05, 0) is 38.6 Å². The van der Waals surface area contributed by atoms with Gasteiger partial charge in [-0.2, -0.15) is 0 Å². The fourth-order valence-electron chi connectivity index (χ4n) is 2.27. The standard InChI is InChI=1S/C13H18F2N2/c1-17-8-3-2-5-10(17)9-16-12-7-4-6-11(14)13(12)15/h4,6-7,10,16H,2-3,5,8-9H2,1H3. The molecule has 0 spiro atoms. The van der Waals surface area contributed by atoms with Crippen LogP contribution < -0.4 is 5.32 Å². The molecule has 0 bridgehead atoms. The quantitative estimate of drug-likeness (QED) is 0.874. The van der Waals surface area contributed by atoms with Crippen molar-refractivity contribution >= 4 is 5.69 Å². The number of likely N-dealkylation sites (tertiary alicyclic amines) is 1. The molecule has 1 aliphatic rings. The topological polar surface area (TPSA) is 15.3 Å². The first-order chi connectivity index (χ1) is 8.18. The molecule has 1 aromatic rings. The minimum absolute atomic E-state index is 0.254. The van der Waals surface area contributed by atoms with E-state index in [0.717, 1.165) is 19.0 Å². The number of likely N-dealkylation sites (N-methyl/N-ethyl adjacent to an activating group) is 1. The maximum Gasteiger partial charge on any atom is 0.181 e. The van der Waals surface area contributed by atoms with Gasteiger partial charge >= 0.3 is 0 Å². The zero-order valence-corrected chi connectivity index (χ0v) is 10.0. The summed E-state index contributed by atoms with van der Waals surface area (Å²) in [6.45, 7) is 1.74. The van der Waals surface area contributed by atoms with Crippen LogP contribution in [-0.2, 0) is 0 Å².